The first-order chi connectivity index (χ1) is 7.22. The van der Waals surface area contributed by atoms with Crippen molar-refractivity contribution in [1.29, 1.82) is 0 Å². The minimum atomic E-state index is -0.472. The summed E-state index contributed by atoms with van der Waals surface area (Å²) in [6, 6.07) is 0. The maximum absolute atomic E-state index is 11.6. The van der Waals surface area contributed by atoms with Crippen LogP contribution in [0.4, 0.5) is 4.79 Å². The van der Waals surface area contributed by atoms with Gasteiger partial charge in [0.1, 0.15) is 5.60 Å². The van der Waals surface area contributed by atoms with Crippen LogP contribution in [-0.2, 0) is 4.74 Å². The van der Waals surface area contributed by atoms with Crippen LogP contribution in [0.2, 0.25) is 0 Å². The fourth-order valence-electron chi connectivity index (χ4n) is 1.50. The van der Waals surface area contributed by atoms with Gasteiger partial charge in [-0.2, -0.15) is 0 Å². The van der Waals surface area contributed by atoms with E-state index in [4.69, 9.17) is 4.74 Å². The Bertz CT molecular complexity index is 256. The van der Waals surface area contributed by atoms with Gasteiger partial charge in [-0.15, -0.1) is 0 Å². The first-order valence-corrected chi connectivity index (χ1v) is 5.67. The lowest BCUT2D eigenvalue weighted by molar-refractivity contribution is 0.0490. The molecular formula is C12H24N2O2. The molecule has 0 rings (SSSR count). The maximum atomic E-state index is 11.6. The van der Waals surface area contributed by atoms with E-state index in [1.807, 2.05) is 27.7 Å². The summed E-state index contributed by atoms with van der Waals surface area (Å²) in [5, 5.41) is 2.84. The van der Waals surface area contributed by atoms with Crippen LogP contribution in [0.15, 0.2) is 4.99 Å². The molecule has 0 aromatic heterocycles. The second-order valence-corrected chi connectivity index (χ2v) is 5.18. The number of carbonyl (C=O) groups is 1. The molecule has 0 spiro atoms. The summed E-state index contributed by atoms with van der Waals surface area (Å²) in [7, 11) is 1.70. The van der Waals surface area contributed by atoms with Crippen LogP contribution >= 0.6 is 0 Å². The van der Waals surface area contributed by atoms with Crippen molar-refractivity contribution in [3.63, 3.8) is 0 Å². The van der Waals surface area contributed by atoms with E-state index in [9.17, 15) is 4.79 Å². The van der Waals surface area contributed by atoms with Crippen molar-refractivity contribution in [2.24, 2.45) is 4.99 Å². The van der Waals surface area contributed by atoms with Gasteiger partial charge in [0.15, 0.2) is 0 Å². The number of rotatable bonds is 4. The minimum absolute atomic E-state index is 0.400. The summed E-state index contributed by atoms with van der Waals surface area (Å²) in [5.74, 6) is 0. The molecule has 0 bridgehead atoms. The average molecular weight is 228 g/mol. The van der Waals surface area contributed by atoms with Crippen LogP contribution in [0.5, 0.6) is 0 Å². The van der Waals surface area contributed by atoms with Gasteiger partial charge >= 0.3 is 6.09 Å². The Labute approximate surface area is 98.5 Å². The van der Waals surface area contributed by atoms with E-state index in [1.165, 1.54) is 0 Å². The predicted molar refractivity (Wildman–Crippen MR) is 67.1 cm³/mol. The molecule has 0 aliphatic carbocycles. The fraction of sp³-hybridized carbons (Fsp3) is 0.833. The summed E-state index contributed by atoms with van der Waals surface area (Å²) >= 11 is 0. The number of carbonyl (C=O) groups excluding carboxylic acids is 1. The highest BCUT2D eigenvalue weighted by Crippen LogP contribution is 2.12. The lowest BCUT2D eigenvalue weighted by atomic mass is 9.98. The minimum Gasteiger partial charge on any atom is -0.444 e. The van der Waals surface area contributed by atoms with Crippen LogP contribution in [0.25, 0.3) is 0 Å². The van der Waals surface area contributed by atoms with E-state index in [1.54, 1.807) is 13.3 Å². The van der Waals surface area contributed by atoms with Gasteiger partial charge in [0, 0.05) is 13.3 Å². The zero-order chi connectivity index (χ0) is 12.8. The second kappa shape index (κ2) is 5.87. The van der Waals surface area contributed by atoms with Crippen molar-refractivity contribution in [3.05, 3.63) is 0 Å². The summed E-state index contributed by atoms with van der Waals surface area (Å²) in [4.78, 5) is 15.6. The van der Waals surface area contributed by atoms with E-state index in [-0.39, 0.29) is 0 Å². The van der Waals surface area contributed by atoms with E-state index in [2.05, 4.69) is 17.2 Å². The standard InChI is InChI=1S/C12H24N2O2/c1-7-8-12(5,9-13-6)14-10(15)16-11(2,3)4/h9H,7-8H2,1-6H3,(H,14,15)/b13-9-. The third-order valence-corrected chi connectivity index (χ3v) is 1.97. The van der Waals surface area contributed by atoms with E-state index in [0.29, 0.717) is 0 Å². The monoisotopic (exact) mass is 228 g/mol. The Morgan fingerprint density at radius 3 is 2.31 bits per heavy atom. The molecule has 0 aliphatic heterocycles. The molecule has 0 aromatic carbocycles. The van der Waals surface area contributed by atoms with Crippen molar-refractivity contribution in [3.8, 4) is 0 Å². The highest BCUT2D eigenvalue weighted by molar-refractivity contribution is 5.78. The van der Waals surface area contributed by atoms with Gasteiger partial charge in [0.2, 0.25) is 0 Å². The lowest BCUT2D eigenvalue weighted by Gasteiger charge is -2.28. The molecule has 0 aliphatic rings. The number of nitrogens with one attached hydrogen (secondary N) is 1. The van der Waals surface area contributed by atoms with Crippen LogP contribution in [0.3, 0.4) is 0 Å². The highest BCUT2D eigenvalue weighted by Gasteiger charge is 2.26. The molecule has 0 heterocycles. The summed E-state index contributed by atoms with van der Waals surface area (Å²) in [5.41, 5.74) is -0.896. The Hall–Kier alpha value is -1.06. The molecule has 0 radical (unpaired) electrons. The number of alkyl carbamates (subject to hydrolysis) is 1. The summed E-state index contributed by atoms with van der Waals surface area (Å²) in [6.07, 6.45) is 3.16. The van der Waals surface area contributed by atoms with Crippen LogP contribution in [0, 0.1) is 0 Å². The predicted octanol–water partition coefficient (Wildman–Crippen LogP) is 2.77. The van der Waals surface area contributed by atoms with Crippen molar-refractivity contribution in [2.75, 3.05) is 7.05 Å². The molecule has 94 valence electrons. The smallest absolute Gasteiger partial charge is 0.408 e. The molecule has 0 saturated carbocycles. The van der Waals surface area contributed by atoms with Gasteiger partial charge < -0.3 is 10.1 Å². The fourth-order valence-corrected chi connectivity index (χ4v) is 1.50. The SMILES string of the molecule is CCCC(C)(/C=N\C)NC(=O)OC(C)(C)C. The number of ether oxygens (including phenoxy) is 1. The third kappa shape index (κ3) is 6.43. The average Bonchev–Trinajstić information content (AvgIpc) is 1.99. The zero-order valence-corrected chi connectivity index (χ0v) is 11.3. The van der Waals surface area contributed by atoms with E-state index in [0.717, 1.165) is 12.8 Å². The molecule has 0 fully saturated rings. The summed E-state index contributed by atoms with van der Waals surface area (Å²) in [6.45, 7) is 9.54. The second-order valence-electron chi connectivity index (χ2n) is 5.18. The number of hydrogen-bond donors (Lipinski definition) is 1. The molecular weight excluding hydrogens is 204 g/mol. The van der Waals surface area contributed by atoms with Gasteiger partial charge in [-0.25, -0.2) is 4.79 Å². The molecule has 1 N–H and O–H groups in total. The largest absolute Gasteiger partial charge is 0.444 e. The van der Waals surface area contributed by atoms with E-state index >= 15 is 0 Å². The van der Waals surface area contributed by atoms with Gasteiger partial charge in [-0.1, -0.05) is 13.3 Å². The summed E-state index contributed by atoms with van der Waals surface area (Å²) < 4.78 is 5.21. The number of nitrogens with zero attached hydrogens (tertiary/aromatic N) is 1. The van der Waals surface area contributed by atoms with Crippen molar-refractivity contribution >= 4 is 12.3 Å². The van der Waals surface area contributed by atoms with E-state index < -0.39 is 17.2 Å². The normalized spacial score (nSPS) is 15.9. The zero-order valence-electron chi connectivity index (χ0n) is 11.3. The molecule has 4 heteroatoms. The van der Waals surface area contributed by atoms with Crippen molar-refractivity contribution in [1.82, 2.24) is 5.32 Å². The molecule has 1 unspecified atom stereocenters. The Kier molecular flexibility index (Phi) is 5.48. The van der Waals surface area contributed by atoms with Gasteiger partial charge in [0.05, 0.1) is 5.54 Å². The molecule has 0 aromatic rings. The first kappa shape index (κ1) is 14.9. The molecule has 4 nitrogen and oxygen atoms in total. The van der Waals surface area contributed by atoms with Crippen LogP contribution in [-0.4, -0.2) is 30.5 Å². The molecule has 1 amide bonds. The topological polar surface area (TPSA) is 50.7 Å². The van der Waals surface area contributed by atoms with Crippen LogP contribution < -0.4 is 5.32 Å². The first-order valence-electron chi connectivity index (χ1n) is 5.67. The molecule has 1 atom stereocenters. The quantitative estimate of drug-likeness (QED) is 0.752. The van der Waals surface area contributed by atoms with Gasteiger partial charge in [0.25, 0.3) is 0 Å². The van der Waals surface area contributed by atoms with Gasteiger partial charge in [-0.3, -0.25) is 4.99 Å². The Morgan fingerprint density at radius 1 is 1.38 bits per heavy atom. The Morgan fingerprint density at radius 2 is 1.94 bits per heavy atom. The molecule has 0 saturated heterocycles. The van der Waals surface area contributed by atoms with Crippen molar-refractivity contribution < 1.29 is 9.53 Å². The Balaban J connectivity index is 4.46. The molecule has 16 heavy (non-hydrogen) atoms. The number of amides is 1. The number of hydrogen-bond acceptors (Lipinski definition) is 3. The van der Waals surface area contributed by atoms with Crippen LogP contribution in [0.1, 0.15) is 47.5 Å². The number of aliphatic imine (C=N–C) groups is 1. The maximum Gasteiger partial charge on any atom is 0.408 e. The lowest BCUT2D eigenvalue weighted by Crippen LogP contribution is -2.49. The van der Waals surface area contributed by atoms with Gasteiger partial charge in [-0.05, 0) is 34.1 Å². The van der Waals surface area contributed by atoms with Crippen molar-refractivity contribution in [2.45, 2.75) is 58.6 Å². The highest BCUT2D eigenvalue weighted by atomic mass is 16.6. The third-order valence-electron chi connectivity index (χ3n) is 1.97.